The van der Waals surface area contributed by atoms with Crippen LogP contribution in [-0.4, -0.2) is 48.7 Å². The Balaban J connectivity index is 1.25. The van der Waals surface area contributed by atoms with Gasteiger partial charge in [0.25, 0.3) is 17.3 Å². The van der Waals surface area contributed by atoms with E-state index < -0.39 is 5.79 Å². The molecule has 1 saturated carbocycles. The number of aromatic nitrogens is 1. The van der Waals surface area contributed by atoms with E-state index in [-0.39, 0.29) is 29.3 Å². The molecule has 2 fully saturated rings. The maximum atomic E-state index is 13.2. The number of carbonyl (C=O) groups is 1. The lowest BCUT2D eigenvalue weighted by atomic mass is 9.80. The van der Waals surface area contributed by atoms with Crippen molar-refractivity contribution in [2.45, 2.75) is 76.6 Å². The first-order valence-corrected chi connectivity index (χ1v) is 15.2. The second-order valence-electron chi connectivity index (χ2n) is 11.7. The molecule has 2 aromatic rings. The molecule has 0 radical (unpaired) electrons. The van der Waals surface area contributed by atoms with Gasteiger partial charge in [-0.25, -0.2) is 0 Å². The summed E-state index contributed by atoms with van der Waals surface area (Å²) in [5.41, 5.74) is 2.44. The minimum atomic E-state index is -0.840. The number of aromatic amines is 1. The average Bonchev–Trinajstić information content (AvgIpc) is 3.27. The number of ether oxygens (including phenoxy) is 3. The molecule has 3 N–H and O–H groups in total. The Bertz CT molecular complexity index is 1320. The van der Waals surface area contributed by atoms with Crippen LogP contribution >= 0.6 is 23.4 Å². The number of hydrogen-bond donors (Lipinski definition) is 3. The predicted molar refractivity (Wildman–Crippen MR) is 153 cm³/mol. The Morgan fingerprint density at radius 3 is 2.46 bits per heavy atom. The molecule has 212 valence electrons. The lowest BCUT2D eigenvalue weighted by molar-refractivity contribution is -0.123. The van der Waals surface area contributed by atoms with E-state index >= 15 is 0 Å². The minimum absolute atomic E-state index is 0.108. The molecule has 8 nitrogen and oxygen atoms in total. The van der Waals surface area contributed by atoms with Gasteiger partial charge in [-0.3, -0.25) is 9.59 Å². The molecule has 0 spiro atoms. The number of fused-ring (bicyclic) bond motifs is 1. The molecule has 1 aliphatic carbocycles. The van der Waals surface area contributed by atoms with Crippen molar-refractivity contribution in [3.05, 3.63) is 49.9 Å². The molecular formula is C29H38ClN3O5S. The van der Waals surface area contributed by atoms with Crippen LogP contribution in [0.1, 0.15) is 66.7 Å². The van der Waals surface area contributed by atoms with Crippen LogP contribution in [0.25, 0.3) is 0 Å². The topological polar surface area (TPSA) is 102 Å². The fraction of sp³-hybridized carbons (Fsp3) is 0.586. The summed E-state index contributed by atoms with van der Waals surface area (Å²) in [6, 6.07) is 4.02. The van der Waals surface area contributed by atoms with E-state index in [0.717, 1.165) is 56.0 Å². The Labute approximate surface area is 238 Å². The van der Waals surface area contributed by atoms with Gasteiger partial charge in [-0.1, -0.05) is 18.5 Å². The zero-order valence-corrected chi connectivity index (χ0v) is 24.9. The summed E-state index contributed by atoms with van der Waals surface area (Å²) in [6.45, 7) is 10.7. The van der Waals surface area contributed by atoms with Crippen LogP contribution in [0.5, 0.6) is 11.5 Å². The average molecular weight is 576 g/mol. The number of hydrogen-bond acceptors (Lipinski definition) is 7. The summed E-state index contributed by atoms with van der Waals surface area (Å²) in [6.07, 6.45) is 5.96. The van der Waals surface area contributed by atoms with Crippen molar-refractivity contribution >= 4 is 29.3 Å². The van der Waals surface area contributed by atoms with Gasteiger partial charge in [-0.2, -0.15) is 0 Å². The van der Waals surface area contributed by atoms with Crippen molar-refractivity contribution in [3.63, 3.8) is 0 Å². The fourth-order valence-corrected chi connectivity index (χ4v) is 6.75. The van der Waals surface area contributed by atoms with Crippen LogP contribution in [0.4, 0.5) is 0 Å². The molecule has 2 aliphatic heterocycles. The van der Waals surface area contributed by atoms with Gasteiger partial charge in [0.05, 0.1) is 18.2 Å². The number of H-pyrrole nitrogens is 1. The van der Waals surface area contributed by atoms with Crippen LogP contribution in [0.2, 0.25) is 5.02 Å². The zero-order chi connectivity index (χ0) is 27.9. The highest BCUT2D eigenvalue weighted by molar-refractivity contribution is 7.98. The standard InChI is InChI=1S/C29H38ClN3O5S/c1-16-10-23(39-5)21(27(35)33-16)12-31-26(34)20-11-22(30)25-24(17(20)2)37-29(4,38-25)18-6-8-19(9-7-18)32-13-28(3)14-36-15-28/h10-11,18-19,32H,6-9,12-15H2,1-5H3,(H,31,34)(H,33,35)/t18?,19?,29-/m0/s1. The lowest BCUT2D eigenvalue weighted by Crippen LogP contribution is -2.51. The number of nitrogens with one attached hydrogen (secondary N) is 3. The largest absolute Gasteiger partial charge is 0.448 e. The number of aryl methyl sites for hydroxylation is 1. The van der Waals surface area contributed by atoms with Crippen LogP contribution < -0.4 is 25.7 Å². The van der Waals surface area contributed by atoms with Gasteiger partial charge >= 0.3 is 0 Å². The second-order valence-corrected chi connectivity index (χ2v) is 12.9. The number of benzene rings is 1. The quantitative estimate of drug-likeness (QED) is 0.382. The number of halogens is 1. The van der Waals surface area contributed by atoms with E-state index in [9.17, 15) is 9.59 Å². The molecule has 10 heteroatoms. The summed E-state index contributed by atoms with van der Waals surface area (Å²) >= 11 is 8.10. The van der Waals surface area contributed by atoms with Crippen LogP contribution in [-0.2, 0) is 11.3 Å². The Hall–Kier alpha value is -2.20. The summed E-state index contributed by atoms with van der Waals surface area (Å²) in [5.74, 6) is 0.0555. The van der Waals surface area contributed by atoms with Crippen molar-refractivity contribution in [2.75, 3.05) is 26.0 Å². The molecule has 1 aromatic carbocycles. The lowest BCUT2D eigenvalue weighted by Gasteiger charge is -2.41. The highest BCUT2D eigenvalue weighted by atomic mass is 35.5. The number of thioether (sulfide) groups is 1. The molecule has 3 aliphatic rings. The summed E-state index contributed by atoms with van der Waals surface area (Å²) < 4.78 is 18.2. The second kappa shape index (κ2) is 11.0. The molecule has 1 amide bonds. The maximum Gasteiger partial charge on any atom is 0.254 e. The van der Waals surface area contributed by atoms with E-state index in [4.69, 9.17) is 25.8 Å². The van der Waals surface area contributed by atoms with Gasteiger partial charge in [-0.15, -0.1) is 11.8 Å². The molecule has 0 unspecified atom stereocenters. The first-order valence-electron chi connectivity index (χ1n) is 13.6. The number of rotatable bonds is 8. The Morgan fingerprint density at radius 1 is 1.13 bits per heavy atom. The summed E-state index contributed by atoms with van der Waals surface area (Å²) in [5, 5.41) is 6.96. The zero-order valence-electron chi connectivity index (χ0n) is 23.3. The van der Waals surface area contributed by atoms with Crippen molar-refractivity contribution in [2.24, 2.45) is 11.3 Å². The van der Waals surface area contributed by atoms with Gasteiger partial charge in [-0.05, 0) is 57.9 Å². The van der Waals surface area contributed by atoms with E-state index in [1.54, 1.807) is 6.07 Å². The van der Waals surface area contributed by atoms with Crippen molar-refractivity contribution in [3.8, 4) is 11.5 Å². The van der Waals surface area contributed by atoms with Gasteiger partial charge < -0.3 is 29.8 Å². The third-order valence-corrected chi connectivity index (χ3v) is 9.44. The molecule has 1 aromatic heterocycles. The third kappa shape index (κ3) is 5.69. The number of pyridine rings is 1. The van der Waals surface area contributed by atoms with Gasteiger partial charge in [0.1, 0.15) is 0 Å². The van der Waals surface area contributed by atoms with Gasteiger partial charge in [0.2, 0.25) is 0 Å². The smallest absolute Gasteiger partial charge is 0.254 e. The van der Waals surface area contributed by atoms with E-state index in [2.05, 4.69) is 22.5 Å². The highest BCUT2D eigenvalue weighted by Crippen LogP contribution is 2.51. The monoisotopic (exact) mass is 575 g/mol. The molecule has 0 bridgehead atoms. The van der Waals surface area contributed by atoms with Crippen molar-refractivity contribution < 1.29 is 19.0 Å². The number of carbonyl (C=O) groups excluding carboxylic acids is 1. The van der Waals surface area contributed by atoms with E-state index in [1.807, 2.05) is 33.1 Å². The SMILES string of the molecule is CSc1cc(C)[nH]c(=O)c1CNC(=O)c1cc(Cl)c2c(c1C)O[C@](C)(C1CCC(NCC3(C)COC3)CC1)O2. The number of amides is 1. The molecule has 3 heterocycles. The molecule has 1 atom stereocenters. The Morgan fingerprint density at radius 2 is 1.82 bits per heavy atom. The summed E-state index contributed by atoms with van der Waals surface area (Å²) in [7, 11) is 0. The van der Waals surface area contributed by atoms with E-state index in [1.165, 1.54) is 11.8 Å². The van der Waals surface area contributed by atoms with Crippen molar-refractivity contribution in [1.82, 2.24) is 15.6 Å². The fourth-order valence-electron chi connectivity index (χ4n) is 5.81. The first-order chi connectivity index (χ1) is 18.5. The van der Waals surface area contributed by atoms with Crippen molar-refractivity contribution in [1.29, 1.82) is 0 Å². The maximum absolute atomic E-state index is 13.2. The van der Waals surface area contributed by atoms with Crippen LogP contribution in [0.15, 0.2) is 21.8 Å². The van der Waals surface area contributed by atoms with Crippen LogP contribution in [0, 0.1) is 25.2 Å². The first kappa shape index (κ1) is 28.3. The van der Waals surface area contributed by atoms with E-state index in [0.29, 0.717) is 39.3 Å². The molecular weight excluding hydrogens is 538 g/mol. The predicted octanol–water partition coefficient (Wildman–Crippen LogP) is 4.97. The summed E-state index contributed by atoms with van der Waals surface area (Å²) in [4.78, 5) is 29.4. The van der Waals surface area contributed by atoms with Crippen LogP contribution in [0.3, 0.4) is 0 Å². The minimum Gasteiger partial charge on any atom is -0.448 e. The van der Waals surface area contributed by atoms with Gasteiger partial charge in [0.15, 0.2) is 11.5 Å². The normalized spacial score (nSPS) is 25.3. The van der Waals surface area contributed by atoms with Gasteiger partial charge in [0, 0.05) is 64.7 Å². The molecule has 5 rings (SSSR count). The third-order valence-electron chi connectivity index (χ3n) is 8.36. The Kier molecular flexibility index (Phi) is 7.99. The highest BCUT2D eigenvalue weighted by Gasteiger charge is 2.47. The molecule has 39 heavy (non-hydrogen) atoms. The molecule has 1 saturated heterocycles.